The maximum absolute atomic E-state index is 6.29. The Labute approximate surface area is 195 Å². The molecular formula is C27H31N5O. The summed E-state index contributed by atoms with van der Waals surface area (Å²) in [4.78, 5) is 4.79. The number of anilines is 2. The number of aromatic nitrogens is 3. The highest BCUT2D eigenvalue weighted by Gasteiger charge is 2.20. The van der Waals surface area contributed by atoms with E-state index in [0.717, 1.165) is 60.1 Å². The minimum absolute atomic E-state index is 0.0798. The van der Waals surface area contributed by atoms with Gasteiger partial charge in [0.2, 0.25) is 0 Å². The van der Waals surface area contributed by atoms with E-state index in [-0.39, 0.29) is 6.10 Å². The second-order valence-electron chi connectivity index (χ2n) is 9.01. The molecule has 0 spiro atoms. The first-order valence-corrected chi connectivity index (χ1v) is 11.8. The van der Waals surface area contributed by atoms with Crippen molar-refractivity contribution in [3.05, 3.63) is 71.9 Å². The molecule has 33 heavy (non-hydrogen) atoms. The third kappa shape index (κ3) is 4.57. The third-order valence-electron chi connectivity index (χ3n) is 6.20. The second-order valence-corrected chi connectivity index (χ2v) is 9.01. The van der Waals surface area contributed by atoms with E-state index in [0.29, 0.717) is 5.92 Å². The number of nitrogens with one attached hydrogen (secondary N) is 2. The molecule has 0 radical (unpaired) electrons. The van der Waals surface area contributed by atoms with Crippen LogP contribution < -0.4 is 15.4 Å². The number of fused-ring (bicyclic) bond motifs is 1. The Morgan fingerprint density at radius 2 is 1.85 bits per heavy atom. The van der Waals surface area contributed by atoms with Crippen LogP contribution in [0, 0.1) is 6.92 Å². The van der Waals surface area contributed by atoms with E-state index in [4.69, 9.17) is 9.72 Å². The largest absolute Gasteiger partial charge is 0.489 e. The van der Waals surface area contributed by atoms with Crippen LogP contribution in [0.2, 0.25) is 0 Å². The summed E-state index contributed by atoms with van der Waals surface area (Å²) >= 11 is 0. The van der Waals surface area contributed by atoms with Crippen LogP contribution in [0.5, 0.6) is 5.75 Å². The Morgan fingerprint density at radius 3 is 2.61 bits per heavy atom. The summed E-state index contributed by atoms with van der Waals surface area (Å²) in [6.07, 6.45) is 4.18. The molecule has 3 heterocycles. The lowest BCUT2D eigenvalue weighted by Crippen LogP contribution is -2.27. The van der Waals surface area contributed by atoms with Gasteiger partial charge in [0.25, 0.3) is 0 Å². The van der Waals surface area contributed by atoms with Crippen molar-refractivity contribution < 1.29 is 4.74 Å². The number of nitrogens with zero attached hydrogens (tertiary/aromatic N) is 3. The molecule has 0 aliphatic carbocycles. The van der Waals surface area contributed by atoms with Crippen LogP contribution >= 0.6 is 0 Å². The van der Waals surface area contributed by atoms with Gasteiger partial charge in [0.1, 0.15) is 11.6 Å². The molecule has 1 fully saturated rings. The molecule has 6 nitrogen and oxygen atoms in total. The minimum atomic E-state index is 0.0798. The molecule has 1 aliphatic rings. The second kappa shape index (κ2) is 9.24. The van der Waals surface area contributed by atoms with E-state index >= 15 is 0 Å². The van der Waals surface area contributed by atoms with Gasteiger partial charge in [-0.05, 0) is 75.9 Å². The smallest absolute Gasteiger partial charge is 0.157 e. The van der Waals surface area contributed by atoms with E-state index in [1.165, 1.54) is 11.1 Å². The van der Waals surface area contributed by atoms with Gasteiger partial charge < -0.3 is 15.4 Å². The predicted molar refractivity (Wildman–Crippen MR) is 133 cm³/mol. The maximum atomic E-state index is 6.29. The van der Waals surface area contributed by atoms with E-state index in [1.54, 1.807) is 6.20 Å². The molecule has 5 rings (SSSR count). The van der Waals surface area contributed by atoms with Crippen LogP contribution in [0.1, 0.15) is 43.7 Å². The fraction of sp³-hybridized carbons (Fsp3) is 0.333. The van der Waals surface area contributed by atoms with Crippen molar-refractivity contribution in [2.75, 3.05) is 18.4 Å². The Bertz CT molecular complexity index is 1240. The van der Waals surface area contributed by atoms with Crippen molar-refractivity contribution in [2.24, 2.45) is 0 Å². The van der Waals surface area contributed by atoms with Crippen molar-refractivity contribution in [1.82, 2.24) is 19.9 Å². The Balaban J connectivity index is 1.57. The zero-order chi connectivity index (χ0) is 22.8. The average molecular weight is 442 g/mol. The van der Waals surface area contributed by atoms with Gasteiger partial charge in [-0.15, -0.1) is 0 Å². The fourth-order valence-electron chi connectivity index (χ4n) is 4.62. The van der Waals surface area contributed by atoms with E-state index < -0.39 is 0 Å². The Hall–Kier alpha value is -3.38. The first-order chi connectivity index (χ1) is 16.1. The Morgan fingerprint density at radius 1 is 1.06 bits per heavy atom. The van der Waals surface area contributed by atoms with Crippen molar-refractivity contribution in [3.8, 4) is 17.0 Å². The van der Waals surface area contributed by atoms with E-state index in [2.05, 4.69) is 60.8 Å². The summed E-state index contributed by atoms with van der Waals surface area (Å²) in [5, 5.41) is 11.6. The van der Waals surface area contributed by atoms with Crippen LogP contribution in [-0.2, 0) is 0 Å². The molecule has 1 saturated heterocycles. The maximum Gasteiger partial charge on any atom is 0.157 e. The van der Waals surface area contributed by atoms with Gasteiger partial charge in [0.15, 0.2) is 5.65 Å². The molecule has 0 amide bonds. The molecule has 0 atom stereocenters. The molecule has 2 aromatic carbocycles. The van der Waals surface area contributed by atoms with Crippen LogP contribution in [0.4, 0.5) is 11.5 Å². The molecule has 2 aromatic heterocycles. The van der Waals surface area contributed by atoms with Crippen LogP contribution in [0.15, 0.2) is 60.8 Å². The molecule has 4 aromatic rings. The average Bonchev–Trinajstić information content (AvgIpc) is 3.31. The van der Waals surface area contributed by atoms with Gasteiger partial charge in [-0.2, -0.15) is 9.61 Å². The summed E-state index contributed by atoms with van der Waals surface area (Å²) < 4.78 is 8.12. The highest BCUT2D eigenvalue weighted by atomic mass is 16.5. The molecule has 1 aliphatic heterocycles. The summed E-state index contributed by atoms with van der Waals surface area (Å²) in [5.41, 5.74) is 6.39. The van der Waals surface area contributed by atoms with Crippen molar-refractivity contribution in [1.29, 1.82) is 0 Å². The number of ether oxygens (including phenoxy) is 1. The van der Waals surface area contributed by atoms with Crippen molar-refractivity contribution >= 4 is 17.2 Å². The topological polar surface area (TPSA) is 63.5 Å². The summed E-state index contributed by atoms with van der Waals surface area (Å²) in [5.74, 6) is 2.30. The third-order valence-corrected chi connectivity index (χ3v) is 6.20. The summed E-state index contributed by atoms with van der Waals surface area (Å²) in [6, 6.07) is 18.7. The predicted octanol–water partition coefficient (Wildman–Crippen LogP) is 5.70. The standard InChI is InChI=1S/C27H31N5O/c1-18(2)33-25-16-22(20-9-12-28-13-10-20)19(3)15-24(25)31-27-17-23(21-7-5-4-6-8-21)30-26-11-14-29-32(26)27/h4-8,11,14-18,20,28,31H,9-10,12-13H2,1-3H3. The minimum Gasteiger partial charge on any atom is -0.489 e. The number of rotatable bonds is 6. The van der Waals surface area contributed by atoms with Gasteiger partial charge >= 0.3 is 0 Å². The SMILES string of the molecule is Cc1cc(Nc2cc(-c3ccccc3)nc3ccnn23)c(OC(C)C)cc1C1CCNCC1. The van der Waals surface area contributed by atoms with Gasteiger partial charge in [-0.3, -0.25) is 0 Å². The highest BCUT2D eigenvalue weighted by molar-refractivity contribution is 5.72. The molecule has 6 heteroatoms. The molecule has 0 saturated carbocycles. The van der Waals surface area contributed by atoms with E-state index in [1.807, 2.05) is 34.8 Å². The number of hydrogen-bond donors (Lipinski definition) is 2. The monoisotopic (exact) mass is 441 g/mol. The first kappa shape index (κ1) is 21.5. The molecule has 170 valence electrons. The lowest BCUT2D eigenvalue weighted by molar-refractivity contribution is 0.243. The normalized spacial score (nSPS) is 14.7. The van der Waals surface area contributed by atoms with Crippen LogP contribution in [-0.4, -0.2) is 33.8 Å². The molecule has 2 N–H and O–H groups in total. The summed E-state index contributed by atoms with van der Waals surface area (Å²) in [7, 11) is 0. The number of benzene rings is 2. The highest BCUT2D eigenvalue weighted by Crippen LogP contribution is 2.37. The number of piperidine rings is 1. The van der Waals surface area contributed by atoms with Gasteiger partial charge in [0, 0.05) is 17.7 Å². The van der Waals surface area contributed by atoms with Crippen molar-refractivity contribution in [3.63, 3.8) is 0 Å². The quantitative estimate of drug-likeness (QED) is 0.402. The van der Waals surface area contributed by atoms with Crippen molar-refractivity contribution in [2.45, 2.75) is 45.6 Å². The van der Waals surface area contributed by atoms with Crippen LogP contribution in [0.3, 0.4) is 0 Å². The van der Waals surface area contributed by atoms with Gasteiger partial charge in [-0.1, -0.05) is 30.3 Å². The Kier molecular flexibility index (Phi) is 6.01. The zero-order valence-electron chi connectivity index (χ0n) is 19.5. The first-order valence-electron chi connectivity index (χ1n) is 11.8. The molecule has 0 bridgehead atoms. The van der Waals surface area contributed by atoms with E-state index in [9.17, 15) is 0 Å². The zero-order valence-corrected chi connectivity index (χ0v) is 19.5. The summed E-state index contributed by atoms with van der Waals surface area (Å²) in [6.45, 7) is 8.48. The lowest BCUT2D eigenvalue weighted by Gasteiger charge is -2.26. The molecular weight excluding hydrogens is 410 g/mol. The van der Waals surface area contributed by atoms with Crippen LogP contribution in [0.25, 0.3) is 16.9 Å². The number of hydrogen-bond acceptors (Lipinski definition) is 5. The fourth-order valence-corrected chi connectivity index (χ4v) is 4.62. The van der Waals surface area contributed by atoms with Gasteiger partial charge in [-0.25, -0.2) is 4.98 Å². The molecule has 0 unspecified atom stereocenters. The van der Waals surface area contributed by atoms with Gasteiger partial charge in [0.05, 0.1) is 23.7 Å². The number of aryl methyl sites for hydroxylation is 1. The lowest BCUT2D eigenvalue weighted by atomic mass is 9.87.